The molecule has 3 heteroatoms. The minimum Gasteiger partial charge on any atom is -0.467 e. The van der Waals surface area contributed by atoms with Crippen molar-refractivity contribution >= 4 is 5.97 Å². The summed E-state index contributed by atoms with van der Waals surface area (Å²) in [5.41, 5.74) is 8.62. The van der Waals surface area contributed by atoms with Gasteiger partial charge < -0.3 is 10.5 Å². The van der Waals surface area contributed by atoms with E-state index in [0.29, 0.717) is 6.42 Å². The van der Waals surface area contributed by atoms with Crippen molar-refractivity contribution in [2.75, 3.05) is 7.11 Å². The Bertz CT molecular complexity index is 428. The van der Waals surface area contributed by atoms with Crippen LogP contribution in [0.1, 0.15) is 29.5 Å². The number of carbonyl (C=O) groups excluding carboxylic acids is 1. The highest BCUT2D eigenvalue weighted by atomic mass is 16.5. The van der Waals surface area contributed by atoms with E-state index < -0.39 is 5.54 Å². The highest BCUT2D eigenvalue weighted by Crippen LogP contribution is 2.35. The fourth-order valence-corrected chi connectivity index (χ4v) is 2.52. The zero-order valence-corrected chi connectivity index (χ0v) is 9.75. The summed E-state index contributed by atoms with van der Waals surface area (Å²) in [6.07, 6.45) is 2.59. The number of hydrogen-bond acceptors (Lipinski definition) is 3. The lowest BCUT2D eigenvalue weighted by Crippen LogP contribution is -2.48. The van der Waals surface area contributed by atoms with Gasteiger partial charge in [0.2, 0.25) is 0 Å². The second-order valence-electron chi connectivity index (χ2n) is 4.42. The van der Waals surface area contributed by atoms with E-state index in [1.54, 1.807) is 0 Å². The molecule has 0 aliphatic heterocycles. The second kappa shape index (κ2) is 3.91. The van der Waals surface area contributed by atoms with Gasteiger partial charge in [-0.2, -0.15) is 0 Å². The van der Waals surface area contributed by atoms with E-state index in [9.17, 15) is 4.79 Å². The summed E-state index contributed by atoms with van der Waals surface area (Å²) in [4.78, 5) is 11.8. The number of nitrogens with two attached hydrogens (primary N) is 1. The lowest BCUT2D eigenvalue weighted by atomic mass is 9.76. The van der Waals surface area contributed by atoms with E-state index in [4.69, 9.17) is 10.5 Å². The molecule has 1 unspecified atom stereocenters. The summed E-state index contributed by atoms with van der Waals surface area (Å²) < 4.78 is 4.83. The van der Waals surface area contributed by atoms with Crippen LogP contribution >= 0.6 is 0 Å². The maximum absolute atomic E-state index is 11.8. The maximum Gasteiger partial charge on any atom is 0.330 e. The first kappa shape index (κ1) is 11.1. The monoisotopic (exact) mass is 219 g/mol. The predicted molar refractivity (Wildman–Crippen MR) is 62.0 cm³/mol. The highest BCUT2D eigenvalue weighted by molar-refractivity contribution is 5.83. The van der Waals surface area contributed by atoms with Crippen molar-refractivity contribution in [2.24, 2.45) is 5.73 Å². The molecular formula is C13H17NO2. The number of esters is 1. The van der Waals surface area contributed by atoms with Gasteiger partial charge in [-0.05, 0) is 42.9 Å². The van der Waals surface area contributed by atoms with E-state index in [2.05, 4.69) is 13.0 Å². The molecule has 0 aromatic heterocycles. The maximum atomic E-state index is 11.8. The molecule has 0 radical (unpaired) electrons. The molecule has 0 fully saturated rings. The first-order valence-corrected chi connectivity index (χ1v) is 5.56. The number of aryl methyl sites for hydroxylation is 1. The molecule has 1 aromatic carbocycles. The SMILES string of the molecule is COC(=O)C1(N)CCCc2c(C)cccc21. The van der Waals surface area contributed by atoms with Crippen LogP contribution in [-0.4, -0.2) is 13.1 Å². The summed E-state index contributed by atoms with van der Waals surface area (Å²) in [5, 5.41) is 0. The van der Waals surface area contributed by atoms with Crippen molar-refractivity contribution in [1.29, 1.82) is 0 Å². The fraction of sp³-hybridized carbons (Fsp3) is 0.462. The lowest BCUT2D eigenvalue weighted by Gasteiger charge is -2.33. The first-order valence-electron chi connectivity index (χ1n) is 5.56. The average Bonchev–Trinajstić information content (AvgIpc) is 2.30. The van der Waals surface area contributed by atoms with Gasteiger partial charge in [0, 0.05) is 0 Å². The zero-order valence-electron chi connectivity index (χ0n) is 9.75. The van der Waals surface area contributed by atoms with Crippen LogP contribution in [0.25, 0.3) is 0 Å². The Labute approximate surface area is 95.6 Å². The molecule has 2 N–H and O–H groups in total. The normalized spacial score (nSPS) is 23.7. The molecule has 0 heterocycles. The summed E-state index contributed by atoms with van der Waals surface area (Å²) >= 11 is 0. The highest BCUT2D eigenvalue weighted by Gasteiger charge is 2.40. The number of methoxy groups -OCH3 is 1. The molecule has 0 saturated heterocycles. The number of hydrogen-bond donors (Lipinski definition) is 1. The lowest BCUT2D eigenvalue weighted by molar-refractivity contribution is -0.148. The average molecular weight is 219 g/mol. The Morgan fingerprint density at radius 2 is 2.25 bits per heavy atom. The quantitative estimate of drug-likeness (QED) is 0.731. The van der Waals surface area contributed by atoms with E-state index in [0.717, 1.165) is 18.4 Å². The van der Waals surface area contributed by atoms with Crippen LogP contribution in [0, 0.1) is 6.92 Å². The van der Waals surface area contributed by atoms with Gasteiger partial charge >= 0.3 is 5.97 Å². The van der Waals surface area contributed by atoms with Crippen molar-refractivity contribution in [2.45, 2.75) is 31.7 Å². The van der Waals surface area contributed by atoms with Crippen molar-refractivity contribution in [1.82, 2.24) is 0 Å². The van der Waals surface area contributed by atoms with Crippen molar-refractivity contribution in [3.63, 3.8) is 0 Å². The predicted octanol–water partition coefficient (Wildman–Crippen LogP) is 1.66. The minimum absolute atomic E-state index is 0.334. The molecule has 3 nitrogen and oxygen atoms in total. The molecule has 0 spiro atoms. The third kappa shape index (κ3) is 1.52. The number of fused-ring (bicyclic) bond motifs is 1. The van der Waals surface area contributed by atoms with Crippen LogP contribution in [-0.2, 0) is 21.5 Å². The van der Waals surface area contributed by atoms with E-state index in [1.165, 1.54) is 18.2 Å². The first-order chi connectivity index (χ1) is 7.59. The van der Waals surface area contributed by atoms with Crippen molar-refractivity contribution in [3.05, 3.63) is 34.9 Å². The van der Waals surface area contributed by atoms with Crippen LogP contribution in [0.5, 0.6) is 0 Å². The van der Waals surface area contributed by atoms with Crippen LogP contribution < -0.4 is 5.73 Å². The smallest absolute Gasteiger partial charge is 0.330 e. The van der Waals surface area contributed by atoms with E-state index in [-0.39, 0.29) is 5.97 Å². The summed E-state index contributed by atoms with van der Waals surface area (Å²) in [5.74, 6) is -0.334. The number of carbonyl (C=O) groups is 1. The Kier molecular flexibility index (Phi) is 2.72. The molecule has 1 aliphatic carbocycles. The van der Waals surface area contributed by atoms with Crippen molar-refractivity contribution in [3.8, 4) is 0 Å². The number of ether oxygens (including phenoxy) is 1. The van der Waals surface area contributed by atoms with Crippen LogP contribution in [0.4, 0.5) is 0 Å². The summed E-state index contributed by atoms with van der Waals surface area (Å²) in [7, 11) is 1.39. The standard InChI is InChI=1S/C13H17NO2/c1-9-5-3-7-11-10(9)6-4-8-13(11,14)12(15)16-2/h3,5,7H,4,6,8,14H2,1-2H3. The molecule has 1 atom stereocenters. The Morgan fingerprint density at radius 3 is 2.94 bits per heavy atom. The van der Waals surface area contributed by atoms with Crippen molar-refractivity contribution < 1.29 is 9.53 Å². The Hall–Kier alpha value is -1.35. The van der Waals surface area contributed by atoms with E-state index >= 15 is 0 Å². The second-order valence-corrected chi connectivity index (χ2v) is 4.42. The molecule has 1 aromatic rings. The van der Waals surface area contributed by atoms with E-state index in [1.807, 2.05) is 12.1 Å². The van der Waals surface area contributed by atoms with Gasteiger partial charge in [0.05, 0.1) is 7.11 Å². The third-order valence-corrected chi connectivity index (χ3v) is 3.44. The van der Waals surface area contributed by atoms with Crippen LogP contribution in [0.3, 0.4) is 0 Å². The van der Waals surface area contributed by atoms with Crippen LogP contribution in [0.2, 0.25) is 0 Å². The van der Waals surface area contributed by atoms with Gasteiger partial charge in [-0.1, -0.05) is 18.2 Å². The molecule has 1 aliphatic rings. The fourth-order valence-electron chi connectivity index (χ4n) is 2.52. The largest absolute Gasteiger partial charge is 0.467 e. The zero-order chi connectivity index (χ0) is 11.8. The number of benzene rings is 1. The molecular weight excluding hydrogens is 202 g/mol. The van der Waals surface area contributed by atoms with Gasteiger partial charge in [-0.25, -0.2) is 4.79 Å². The Balaban J connectivity index is 2.56. The molecule has 0 saturated carbocycles. The topological polar surface area (TPSA) is 52.3 Å². The van der Waals surface area contributed by atoms with Gasteiger partial charge in [0.25, 0.3) is 0 Å². The third-order valence-electron chi connectivity index (χ3n) is 3.44. The molecule has 16 heavy (non-hydrogen) atoms. The number of rotatable bonds is 1. The molecule has 86 valence electrons. The summed E-state index contributed by atoms with van der Waals surface area (Å²) in [6.45, 7) is 2.06. The minimum atomic E-state index is -0.950. The van der Waals surface area contributed by atoms with Gasteiger partial charge in [-0.3, -0.25) is 0 Å². The Morgan fingerprint density at radius 1 is 1.50 bits per heavy atom. The van der Waals surface area contributed by atoms with Gasteiger partial charge in [0.1, 0.15) is 5.54 Å². The molecule has 2 rings (SSSR count). The molecule has 0 amide bonds. The van der Waals surface area contributed by atoms with Gasteiger partial charge in [0.15, 0.2) is 0 Å². The molecule has 0 bridgehead atoms. The summed E-state index contributed by atoms with van der Waals surface area (Å²) in [6, 6.07) is 5.95. The van der Waals surface area contributed by atoms with Crippen LogP contribution in [0.15, 0.2) is 18.2 Å². The van der Waals surface area contributed by atoms with Gasteiger partial charge in [-0.15, -0.1) is 0 Å².